The summed E-state index contributed by atoms with van der Waals surface area (Å²) in [6, 6.07) is -0.862. The van der Waals surface area contributed by atoms with Gasteiger partial charge in [-0.3, -0.25) is 9.48 Å². The number of carboxylic acid groups (broad SMARTS) is 1. The van der Waals surface area contributed by atoms with Crippen LogP contribution < -0.4 is 5.32 Å². The van der Waals surface area contributed by atoms with Gasteiger partial charge in [-0.15, -0.1) is 0 Å². The molecule has 0 spiro atoms. The van der Waals surface area contributed by atoms with Gasteiger partial charge in [0.1, 0.15) is 6.04 Å². The lowest BCUT2D eigenvalue weighted by molar-refractivity contribution is -0.139. The fourth-order valence-corrected chi connectivity index (χ4v) is 2.30. The van der Waals surface area contributed by atoms with Crippen molar-refractivity contribution in [3.63, 3.8) is 0 Å². The number of carbonyl (C=O) groups excluding carboxylic acids is 1. The number of carboxylic acids is 1. The minimum absolute atomic E-state index is 0.378. The van der Waals surface area contributed by atoms with Crippen LogP contribution in [-0.4, -0.2) is 44.8 Å². The summed E-state index contributed by atoms with van der Waals surface area (Å²) in [5.41, 5.74) is 1.79. The zero-order valence-corrected chi connectivity index (χ0v) is 12.4. The van der Waals surface area contributed by atoms with Crippen LogP contribution in [0.2, 0.25) is 0 Å². The summed E-state index contributed by atoms with van der Waals surface area (Å²) in [5, 5.41) is 15.8. The Labute approximate surface area is 116 Å². The largest absolute Gasteiger partial charge is 0.480 e. The first-order valence-corrected chi connectivity index (χ1v) is 7.30. The van der Waals surface area contributed by atoms with Crippen molar-refractivity contribution in [3.05, 3.63) is 17.0 Å². The van der Waals surface area contributed by atoms with Gasteiger partial charge in [0, 0.05) is 12.7 Å². The summed E-state index contributed by atoms with van der Waals surface area (Å²) in [4.78, 5) is 23.2. The number of hydrogen-bond donors (Lipinski definition) is 2. The third-order valence-corrected chi connectivity index (χ3v) is 3.59. The van der Waals surface area contributed by atoms with Crippen molar-refractivity contribution in [2.24, 2.45) is 7.05 Å². The molecule has 1 heterocycles. The van der Waals surface area contributed by atoms with Gasteiger partial charge in [-0.2, -0.15) is 16.9 Å². The second-order valence-corrected chi connectivity index (χ2v) is 5.30. The second-order valence-electron chi connectivity index (χ2n) is 4.32. The number of aryl methyl sites for hydroxylation is 2. The summed E-state index contributed by atoms with van der Waals surface area (Å²) >= 11 is 1.55. The van der Waals surface area contributed by atoms with Crippen LogP contribution in [0.15, 0.2) is 0 Å². The molecule has 0 aromatic carbocycles. The van der Waals surface area contributed by atoms with E-state index in [0.717, 1.165) is 5.69 Å². The number of aromatic nitrogens is 2. The fraction of sp³-hybridized carbons (Fsp3) is 0.583. The fourth-order valence-electron chi connectivity index (χ4n) is 1.83. The van der Waals surface area contributed by atoms with Crippen molar-refractivity contribution in [2.45, 2.75) is 26.3 Å². The molecule has 1 unspecified atom stereocenters. The van der Waals surface area contributed by atoms with Crippen LogP contribution in [0.4, 0.5) is 0 Å². The summed E-state index contributed by atoms with van der Waals surface area (Å²) in [7, 11) is 1.75. The van der Waals surface area contributed by atoms with E-state index in [2.05, 4.69) is 10.4 Å². The topological polar surface area (TPSA) is 84.2 Å². The Balaban J connectivity index is 2.85. The number of nitrogens with zero attached hydrogens (tertiary/aromatic N) is 2. The molecular formula is C12H19N3O3S. The lowest BCUT2D eigenvalue weighted by Crippen LogP contribution is -2.41. The van der Waals surface area contributed by atoms with Crippen LogP contribution in [0.25, 0.3) is 0 Å². The van der Waals surface area contributed by atoms with Gasteiger partial charge in [0.25, 0.3) is 5.91 Å². The third-order valence-electron chi connectivity index (χ3n) is 2.95. The normalized spacial score (nSPS) is 12.2. The van der Waals surface area contributed by atoms with Crippen molar-refractivity contribution in [1.29, 1.82) is 0 Å². The minimum atomic E-state index is -1.01. The Kier molecular flexibility index (Phi) is 5.41. The molecule has 2 N–H and O–H groups in total. The Morgan fingerprint density at radius 2 is 2.11 bits per heavy atom. The van der Waals surface area contributed by atoms with E-state index in [0.29, 0.717) is 23.4 Å². The van der Waals surface area contributed by atoms with Gasteiger partial charge in [-0.25, -0.2) is 4.79 Å². The van der Waals surface area contributed by atoms with Crippen LogP contribution in [0, 0.1) is 13.8 Å². The van der Waals surface area contributed by atoms with E-state index in [1.807, 2.05) is 6.26 Å². The monoisotopic (exact) mass is 285 g/mol. The smallest absolute Gasteiger partial charge is 0.326 e. The number of rotatable bonds is 6. The van der Waals surface area contributed by atoms with E-state index in [9.17, 15) is 9.59 Å². The highest BCUT2D eigenvalue weighted by molar-refractivity contribution is 7.98. The van der Waals surface area contributed by atoms with E-state index in [4.69, 9.17) is 5.11 Å². The molecule has 0 aliphatic rings. The Morgan fingerprint density at radius 1 is 1.47 bits per heavy atom. The molecule has 106 valence electrons. The van der Waals surface area contributed by atoms with E-state index < -0.39 is 12.0 Å². The average Bonchev–Trinajstić information content (AvgIpc) is 2.58. The molecule has 1 amide bonds. The molecule has 0 radical (unpaired) electrons. The molecule has 1 aromatic rings. The highest BCUT2D eigenvalue weighted by Crippen LogP contribution is 2.12. The molecule has 1 rings (SSSR count). The minimum Gasteiger partial charge on any atom is -0.480 e. The van der Waals surface area contributed by atoms with Gasteiger partial charge in [-0.1, -0.05) is 0 Å². The van der Waals surface area contributed by atoms with Crippen molar-refractivity contribution < 1.29 is 14.7 Å². The van der Waals surface area contributed by atoms with E-state index >= 15 is 0 Å². The zero-order chi connectivity index (χ0) is 14.6. The first kappa shape index (κ1) is 15.6. The lowest BCUT2D eigenvalue weighted by atomic mass is 10.1. The first-order chi connectivity index (χ1) is 8.88. The lowest BCUT2D eigenvalue weighted by Gasteiger charge is -2.14. The van der Waals surface area contributed by atoms with Gasteiger partial charge in [0.2, 0.25) is 0 Å². The number of amides is 1. The maximum Gasteiger partial charge on any atom is 0.326 e. The number of hydrogen-bond acceptors (Lipinski definition) is 4. The highest BCUT2D eigenvalue weighted by Gasteiger charge is 2.23. The summed E-state index contributed by atoms with van der Waals surface area (Å²) in [6.45, 7) is 3.52. The molecule has 6 nitrogen and oxygen atoms in total. The number of aliphatic carboxylic acids is 1. The maximum atomic E-state index is 12.1. The standard InChI is InChI=1S/C12H19N3O3S/c1-7-10(8(2)15(3)14-7)11(16)13-9(12(17)18)5-6-19-4/h9H,5-6H2,1-4H3,(H,13,16)(H,17,18). The predicted octanol–water partition coefficient (Wildman–Crippen LogP) is 0.973. The van der Waals surface area contributed by atoms with Crippen LogP contribution >= 0.6 is 11.8 Å². The predicted molar refractivity (Wildman–Crippen MR) is 74.6 cm³/mol. The van der Waals surface area contributed by atoms with Crippen LogP contribution in [-0.2, 0) is 11.8 Å². The van der Waals surface area contributed by atoms with Gasteiger partial charge >= 0.3 is 5.97 Å². The number of carbonyl (C=O) groups is 2. The highest BCUT2D eigenvalue weighted by atomic mass is 32.2. The van der Waals surface area contributed by atoms with Crippen LogP contribution in [0.5, 0.6) is 0 Å². The zero-order valence-electron chi connectivity index (χ0n) is 11.6. The van der Waals surface area contributed by atoms with Crippen molar-refractivity contribution in [3.8, 4) is 0 Å². The molecule has 0 aliphatic carbocycles. The third kappa shape index (κ3) is 3.73. The SMILES string of the molecule is CSCCC(NC(=O)c1c(C)nn(C)c1C)C(=O)O. The first-order valence-electron chi connectivity index (χ1n) is 5.91. The average molecular weight is 285 g/mol. The molecule has 1 atom stereocenters. The summed E-state index contributed by atoms with van der Waals surface area (Å²) in [6.07, 6.45) is 2.30. The molecule has 0 saturated carbocycles. The summed E-state index contributed by atoms with van der Waals surface area (Å²) < 4.78 is 1.61. The molecule has 0 bridgehead atoms. The Hall–Kier alpha value is -1.50. The quantitative estimate of drug-likeness (QED) is 0.813. The summed E-state index contributed by atoms with van der Waals surface area (Å²) in [5.74, 6) is -0.708. The van der Waals surface area contributed by atoms with Gasteiger partial charge in [0.15, 0.2) is 0 Å². The Morgan fingerprint density at radius 3 is 2.53 bits per heavy atom. The Bertz CT molecular complexity index is 485. The number of nitrogens with one attached hydrogen (secondary N) is 1. The molecule has 0 saturated heterocycles. The molecule has 7 heteroatoms. The van der Waals surface area contributed by atoms with Crippen molar-refractivity contribution in [2.75, 3.05) is 12.0 Å². The molecule has 1 aromatic heterocycles. The molecular weight excluding hydrogens is 266 g/mol. The molecule has 0 fully saturated rings. The second kappa shape index (κ2) is 6.60. The van der Waals surface area contributed by atoms with Crippen molar-refractivity contribution >= 4 is 23.6 Å². The number of thioether (sulfide) groups is 1. The van der Waals surface area contributed by atoms with Gasteiger partial charge < -0.3 is 10.4 Å². The van der Waals surface area contributed by atoms with E-state index in [-0.39, 0.29) is 5.91 Å². The maximum absolute atomic E-state index is 12.1. The van der Waals surface area contributed by atoms with Gasteiger partial charge in [0.05, 0.1) is 11.3 Å². The van der Waals surface area contributed by atoms with Crippen molar-refractivity contribution in [1.82, 2.24) is 15.1 Å². The molecule has 19 heavy (non-hydrogen) atoms. The van der Waals surface area contributed by atoms with E-state index in [1.165, 1.54) is 0 Å². The van der Waals surface area contributed by atoms with Crippen LogP contribution in [0.3, 0.4) is 0 Å². The van der Waals surface area contributed by atoms with Crippen LogP contribution in [0.1, 0.15) is 28.2 Å². The van der Waals surface area contributed by atoms with Gasteiger partial charge in [-0.05, 0) is 32.3 Å². The van der Waals surface area contributed by atoms with E-state index in [1.54, 1.807) is 37.3 Å². The molecule has 0 aliphatic heterocycles.